The van der Waals surface area contributed by atoms with Gasteiger partial charge in [-0.3, -0.25) is 9.79 Å². The van der Waals surface area contributed by atoms with Gasteiger partial charge in [0.1, 0.15) is 11.3 Å². The molecular weight excluding hydrogens is 328 g/mol. The summed E-state index contributed by atoms with van der Waals surface area (Å²) in [4.78, 5) is 15.3. The number of hydrogen-bond donors (Lipinski definition) is 3. The van der Waals surface area contributed by atoms with E-state index in [1.807, 2.05) is 30.3 Å². The van der Waals surface area contributed by atoms with Crippen LogP contribution in [0.3, 0.4) is 0 Å². The fourth-order valence-electron chi connectivity index (χ4n) is 2.75. The van der Waals surface area contributed by atoms with Crippen molar-refractivity contribution in [2.24, 2.45) is 10.7 Å². The second-order valence-corrected chi connectivity index (χ2v) is 5.99. The number of nitrogens with two attached hydrogens (primary N) is 1. The maximum Gasteiger partial charge on any atom is 0.248 e. The molecule has 1 aromatic heterocycles. The van der Waals surface area contributed by atoms with Crippen LogP contribution in [0.2, 0.25) is 0 Å². The summed E-state index contributed by atoms with van der Waals surface area (Å²) in [5, 5.41) is 7.62. The van der Waals surface area contributed by atoms with Gasteiger partial charge < -0.3 is 20.8 Å². The smallest absolute Gasteiger partial charge is 0.248 e. The summed E-state index contributed by atoms with van der Waals surface area (Å²) in [7, 11) is 1.72. The average molecular weight is 350 g/mol. The van der Waals surface area contributed by atoms with Crippen molar-refractivity contribution < 1.29 is 9.21 Å². The molecule has 1 amide bonds. The summed E-state index contributed by atoms with van der Waals surface area (Å²) in [6, 6.07) is 15.2. The summed E-state index contributed by atoms with van der Waals surface area (Å²) < 4.78 is 5.90. The number of carbonyl (C=O) groups excluding carboxylic acids is 1. The summed E-state index contributed by atoms with van der Waals surface area (Å²) >= 11 is 0. The molecule has 1 heterocycles. The van der Waals surface area contributed by atoms with E-state index in [2.05, 4.69) is 28.6 Å². The highest BCUT2D eigenvalue weighted by atomic mass is 16.3. The zero-order chi connectivity index (χ0) is 18.5. The SMILES string of the molecule is CN=C(NCc1ccc(C(N)=O)cc1)NCc1oc2ccccc2c1C. The molecular formula is C20H22N4O2. The minimum atomic E-state index is -0.428. The number of para-hydroxylation sites is 1. The lowest BCUT2D eigenvalue weighted by atomic mass is 10.1. The van der Waals surface area contributed by atoms with E-state index in [9.17, 15) is 4.79 Å². The summed E-state index contributed by atoms with van der Waals surface area (Å²) in [6.45, 7) is 3.18. The Morgan fingerprint density at radius 3 is 2.42 bits per heavy atom. The van der Waals surface area contributed by atoms with E-state index >= 15 is 0 Å². The molecule has 3 rings (SSSR count). The Balaban J connectivity index is 1.59. The molecule has 0 unspecified atom stereocenters. The molecule has 0 aliphatic carbocycles. The van der Waals surface area contributed by atoms with Crippen LogP contribution in [-0.2, 0) is 13.1 Å². The van der Waals surface area contributed by atoms with Crippen LogP contribution < -0.4 is 16.4 Å². The van der Waals surface area contributed by atoms with Gasteiger partial charge in [0.05, 0.1) is 6.54 Å². The predicted molar refractivity (Wildman–Crippen MR) is 103 cm³/mol. The predicted octanol–water partition coefficient (Wildman–Crippen LogP) is 2.71. The molecule has 4 N–H and O–H groups in total. The molecule has 6 nitrogen and oxygen atoms in total. The van der Waals surface area contributed by atoms with Crippen LogP contribution in [-0.4, -0.2) is 18.9 Å². The molecule has 0 saturated carbocycles. The van der Waals surface area contributed by atoms with Gasteiger partial charge in [0.25, 0.3) is 0 Å². The summed E-state index contributed by atoms with van der Waals surface area (Å²) in [5.41, 5.74) is 8.79. The first-order valence-corrected chi connectivity index (χ1v) is 8.38. The summed E-state index contributed by atoms with van der Waals surface area (Å²) in [6.07, 6.45) is 0. The van der Waals surface area contributed by atoms with Crippen molar-refractivity contribution in [2.45, 2.75) is 20.0 Å². The van der Waals surface area contributed by atoms with Crippen molar-refractivity contribution in [1.82, 2.24) is 10.6 Å². The minimum Gasteiger partial charge on any atom is -0.459 e. The minimum absolute atomic E-state index is 0.428. The van der Waals surface area contributed by atoms with Crippen LogP contribution in [0, 0.1) is 6.92 Å². The first-order chi connectivity index (χ1) is 12.6. The van der Waals surface area contributed by atoms with Gasteiger partial charge in [0.15, 0.2) is 5.96 Å². The zero-order valence-corrected chi connectivity index (χ0v) is 14.9. The highest BCUT2D eigenvalue weighted by molar-refractivity contribution is 5.92. The maximum absolute atomic E-state index is 11.1. The Morgan fingerprint density at radius 1 is 1.08 bits per heavy atom. The molecule has 26 heavy (non-hydrogen) atoms. The Kier molecular flexibility index (Phi) is 5.22. The second-order valence-electron chi connectivity index (χ2n) is 5.99. The zero-order valence-electron chi connectivity index (χ0n) is 14.9. The van der Waals surface area contributed by atoms with Crippen LogP contribution in [0.15, 0.2) is 57.9 Å². The third-order valence-corrected chi connectivity index (χ3v) is 4.28. The topological polar surface area (TPSA) is 92.6 Å². The number of fused-ring (bicyclic) bond motifs is 1. The number of guanidine groups is 1. The molecule has 2 aromatic carbocycles. The van der Waals surface area contributed by atoms with Gasteiger partial charge in [0, 0.05) is 30.1 Å². The molecule has 134 valence electrons. The third kappa shape index (κ3) is 3.85. The van der Waals surface area contributed by atoms with Crippen molar-refractivity contribution >= 4 is 22.8 Å². The van der Waals surface area contributed by atoms with Gasteiger partial charge in [-0.15, -0.1) is 0 Å². The fraction of sp³-hybridized carbons (Fsp3) is 0.200. The number of aryl methyl sites for hydroxylation is 1. The van der Waals surface area contributed by atoms with Gasteiger partial charge in [0.2, 0.25) is 5.91 Å². The monoisotopic (exact) mass is 350 g/mol. The highest BCUT2D eigenvalue weighted by Gasteiger charge is 2.10. The van der Waals surface area contributed by atoms with Gasteiger partial charge in [-0.2, -0.15) is 0 Å². The molecule has 0 aliphatic heterocycles. The fourth-order valence-corrected chi connectivity index (χ4v) is 2.75. The number of hydrogen-bond acceptors (Lipinski definition) is 3. The quantitative estimate of drug-likeness (QED) is 0.487. The molecule has 0 fully saturated rings. The number of nitrogens with zero attached hydrogens (tertiary/aromatic N) is 1. The van der Waals surface area contributed by atoms with E-state index in [-0.39, 0.29) is 0 Å². The molecule has 3 aromatic rings. The van der Waals surface area contributed by atoms with E-state index < -0.39 is 5.91 Å². The van der Waals surface area contributed by atoms with Gasteiger partial charge in [-0.05, 0) is 30.7 Å². The van der Waals surface area contributed by atoms with Crippen molar-refractivity contribution in [1.29, 1.82) is 0 Å². The number of furan rings is 1. The lowest BCUT2D eigenvalue weighted by Gasteiger charge is -2.11. The highest BCUT2D eigenvalue weighted by Crippen LogP contribution is 2.24. The number of rotatable bonds is 5. The van der Waals surface area contributed by atoms with Gasteiger partial charge >= 0.3 is 0 Å². The van der Waals surface area contributed by atoms with Crippen LogP contribution in [0.25, 0.3) is 11.0 Å². The second kappa shape index (κ2) is 7.74. The third-order valence-electron chi connectivity index (χ3n) is 4.28. The molecule has 0 bridgehead atoms. The number of benzene rings is 2. The first-order valence-electron chi connectivity index (χ1n) is 8.38. The van der Waals surface area contributed by atoms with Gasteiger partial charge in [-0.1, -0.05) is 30.3 Å². The Bertz CT molecular complexity index is 942. The molecule has 0 aliphatic rings. The van der Waals surface area contributed by atoms with Gasteiger partial charge in [-0.25, -0.2) is 0 Å². The summed E-state index contributed by atoms with van der Waals surface area (Å²) in [5.74, 6) is 1.13. The van der Waals surface area contributed by atoms with Crippen LogP contribution in [0.5, 0.6) is 0 Å². The Hall–Kier alpha value is -3.28. The normalized spacial score (nSPS) is 11.5. The molecule has 6 heteroatoms. The number of amides is 1. The number of nitrogens with one attached hydrogen (secondary N) is 2. The van der Waals surface area contributed by atoms with Crippen molar-refractivity contribution in [3.8, 4) is 0 Å². The largest absolute Gasteiger partial charge is 0.459 e. The van der Waals surface area contributed by atoms with Crippen LogP contribution in [0.4, 0.5) is 0 Å². The standard InChI is InChI=1S/C20H22N4O2/c1-13-16-5-3-4-6-17(16)26-18(13)12-24-20(22-2)23-11-14-7-9-15(10-8-14)19(21)25/h3-10H,11-12H2,1-2H3,(H2,21,25)(H2,22,23,24). The molecule has 0 radical (unpaired) electrons. The van der Waals surface area contributed by atoms with Crippen LogP contribution >= 0.6 is 0 Å². The lowest BCUT2D eigenvalue weighted by Crippen LogP contribution is -2.36. The number of carbonyl (C=O) groups is 1. The van der Waals surface area contributed by atoms with E-state index in [1.54, 1.807) is 19.2 Å². The van der Waals surface area contributed by atoms with E-state index in [4.69, 9.17) is 10.2 Å². The van der Waals surface area contributed by atoms with Crippen molar-refractivity contribution in [3.63, 3.8) is 0 Å². The van der Waals surface area contributed by atoms with Crippen molar-refractivity contribution in [3.05, 3.63) is 71.0 Å². The number of primary amides is 1. The van der Waals surface area contributed by atoms with Crippen molar-refractivity contribution in [2.75, 3.05) is 7.05 Å². The lowest BCUT2D eigenvalue weighted by molar-refractivity contribution is 0.100. The Labute approximate surface area is 152 Å². The first kappa shape index (κ1) is 17.5. The molecule has 0 saturated heterocycles. The number of aliphatic imine (C=N–C) groups is 1. The van der Waals surface area contributed by atoms with Crippen LogP contribution in [0.1, 0.15) is 27.2 Å². The van der Waals surface area contributed by atoms with E-state index in [1.165, 1.54) is 0 Å². The average Bonchev–Trinajstić information content (AvgIpc) is 2.98. The molecule has 0 atom stereocenters. The van der Waals surface area contributed by atoms with E-state index in [0.29, 0.717) is 24.6 Å². The Morgan fingerprint density at radius 2 is 1.77 bits per heavy atom. The van der Waals surface area contributed by atoms with E-state index in [0.717, 1.165) is 27.9 Å². The molecule has 0 spiro atoms. The maximum atomic E-state index is 11.1.